The normalized spacial score (nSPS) is 16.3. The van der Waals surface area contributed by atoms with E-state index >= 15 is 0 Å². The van der Waals surface area contributed by atoms with E-state index in [1.54, 1.807) is 0 Å². The maximum atomic E-state index is 13.2. The van der Waals surface area contributed by atoms with Crippen molar-refractivity contribution in [2.45, 2.75) is 18.4 Å². The zero-order chi connectivity index (χ0) is 28.4. The highest BCUT2D eigenvalue weighted by molar-refractivity contribution is 8.26. The Balaban J connectivity index is 1.77. The van der Waals surface area contributed by atoms with Gasteiger partial charge in [0.25, 0.3) is 5.91 Å². The molecule has 2 aromatic rings. The summed E-state index contributed by atoms with van der Waals surface area (Å²) >= 11 is 6.87. The Labute approximate surface area is 223 Å². The maximum absolute atomic E-state index is 13.2. The SMILES string of the molecule is O=C(CNN1C(=O)C(=Cc2cc(-c3cc(C(F)(F)F)cc(C(F)(F)F)c3)cs2)SC1=S)N[C@@H](CO)C(=O)O. The molecule has 1 aliphatic heterocycles. The number of thiocarbonyl (C=S) groups is 1. The number of carbonyl (C=O) groups excluding carboxylic acids is 2. The monoisotopic (exact) mass is 599 g/mol. The van der Waals surface area contributed by atoms with Crippen LogP contribution >= 0.6 is 35.3 Å². The molecular weight excluding hydrogens is 584 g/mol. The van der Waals surface area contributed by atoms with E-state index in [1.807, 2.05) is 5.32 Å². The third kappa shape index (κ3) is 7.10. The number of hydrogen-bond donors (Lipinski definition) is 4. The minimum Gasteiger partial charge on any atom is -0.480 e. The van der Waals surface area contributed by atoms with Crippen molar-refractivity contribution in [3.05, 3.63) is 50.6 Å². The number of carboxylic acids is 1. The number of nitrogens with one attached hydrogen (secondary N) is 2. The fraction of sp³-hybridized carbons (Fsp3) is 0.238. The number of rotatable bonds is 8. The Bertz CT molecular complexity index is 1280. The highest BCUT2D eigenvalue weighted by Gasteiger charge is 2.37. The number of aliphatic hydroxyl groups excluding tert-OH is 1. The van der Waals surface area contributed by atoms with Gasteiger partial charge in [0.2, 0.25) is 5.91 Å². The summed E-state index contributed by atoms with van der Waals surface area (Å²) in [5.74, 6) is -3.02. The second-order valence-electron chi connectivity index (χ2n) is 7.53. The first-order chi connectivity index (χ1) is 17.6. The maximum Gasteiger partial charge on any atom is 0.416 e. The number of nitrogens with zero attached hydrogens (tertiary/aromatic N) is 1. The molecule has 2 heterocycles. The van der Waals surface area contributed by atoms with Crippen LogP contribution in [0.5, 0.6) is 0 Å². The van der Waals surface area contributed by atoms with Gasteiger partial charge in [-0.25, -0.2) is 15.2 Å². The van der Waals surface area contributed by atoms with Gasteiger partial charge in [-0.3, -0.25) is 9.59 Å². The smallest absolute Gasteiger partial charge is 0.416 e. The Morgan fingerprint density at radius 3 is 2.18 bits per heavy atom. The first kappa shape index (κ1) is 29.6. The summed E-state index contributed by atoms with van der Waals surface area (Å²) in [4.78, 5) is 35.8. The second kappa shape index (κ2) is 11.4. The van der Waals surface area contributed by atoms with Gasteiger partial charge in [0, 0.05) is 4.88 Å². The number of amides is 2. The summed E-state index contributed by atoms with van der Waals surface area (Å²) in [6.45, 7) is -1.42. The molecule has 1 aliphatic rings. The minimum atomic E-state index is -5.00. The van der Waals surface area contributed by atoms with Crippen LogP contribution in [0.1, 0.15) is 16.0 Å². The third-order valence-corrected chi connectivity index (χ3v) is 7.00. The summed E-state index contributed by atoms with van der Waals surface area (Å²) in [6.07, 6.45) is -8.67. The molecule has 0 unspecified atom stereocenters. The van der Waals surface area contributed by atoms with Crippen LogP contribution in [0.3, 0.4) is 0 Å². The molecule has 1 atom stereocenters. The lowest BCUT2D eigenvalue weighted by Crippen LogP contribution is -2.50. The van der Waals surface area contributed by atoms with Gasteiger partial charge < -0.3 is 15.5 Å². The summed E-state index contributed by atoms with van der Waals surface area (Å²) in [5.41, 5.74) is -0.740. The average molecular weight is 600 g/mol. The van der Waals surface area contributed by atoms with Gasteiger partial charge in [0.1, 0.15) is 6.04 Å². The van der Waals surface area contributed by atoms with Crippen molar-refractivity contribution in [3.63, 3.8) is 0 Å². The molecule has 204 valence electrons. The van der Waals surface area contributed by atoms with E-state index in [-0.39, 0.29) is 26.4 Å². The van der Waals surface area contributed by atoms with Crippen molar-refractivity contribution >= 4 is 63.5 Å². The first-order valence-corrected chi connectivity index (χ1v) is 12.2. The molecule has 1 saturated heterocycles. The number of carboxylic acid groups (broad SMARTS) is 1. The van der Waals surface area contributed by atoms with E-state index in [0.717, 1.165) is 28.1 Å². The molecule has 0 aliphatic carbocycles. The number of benzene rings is 1. The van der Waals surface area contributed by atoms with Crippen LogP contribution in [-0.2, 0) is 26.7 Å². The van der Waals surface area contributed by atoms with Crippen molar-refractivity contribution in [3.8, 4) is 11.1 Å². The topological polar surface area (TPSA) is 119 Å². The standard InChI is InChI=1S/C21H15F6N3O5S3/c22-20(23,24)11-1-9(2-12(4-11)21(25,26)27)10-3-13(37-8-10)5-15-17(33)30(19(36)38-15)28-6-16(32)29-14(7-31)18(34)35/h1-5,8,14,28,31H,6-7H2,(H,29,32)(H,34,35)/t14-/m0/s1. The molecule has 2 amide bonds. The largest absolute Gasteiger partial charge is 0.480 e. The predicted molar refractivity (Wildman–Crippen MR) is 129 cm³/mol. The summed E-state index contributed by atoms with van der Waals surface area (Å²) in [5, 5.41) is 22.0. The van der Waals surface area contributed by atoms with Crippen LogP contribution in [0.4, 0.5) is 26.3 Å². The summed E-state index contributed by atoms with van der Waals surface area (Å²) in [6, 6.07) is 0.991. The van der Waals surface area contributed by atoms with Crippen molar-refractivity contribution in [1.82, 2.24) is 15.8 Å². The highest BCUT2D eigenvalue weighted by atomic mass is 32.2. The molecule has 38 heavy (non-hydrogen) atoms. The van der Waals surface area contributed by atoms with E-state index in [4.69, 9.17) is 22.4 Å². The number of alkyl halides is 6. The van der Waals surface area contributed by atoms with Crippen molar-refractivity contribution < 1.29 is 50.9 Å². The van der Waals surface area contributed by atoms with Gasteiger partial charge in [0.15, 0.2) is 4.32 Å². The van der Waals surface area contributed by atoms with Crippen molar-refractivity contribution in [2.24, 2.45) is 0 Å². The number of hydrazine groups is 1. The van der Waals surface area contributed by atoms with Gasteiger partial charge in [-0.15, -0.1) is 11.3 Å². The van der Waals surface area contributed by atoms with Crippen LogP contribution < -0.4 is 10.7 Å². The van der Waals surface area contributed by atoms with Crippen LogP contribution in [0.15, 0.2) is 34.6 Å². The molecule has 1 fully saturated rings. The Morgan fingerprint density at radius 1 is 1.05 bits per heavy atom. The fourth-order valence-electron chi connectivity index (χ4n) is 3.02. The van der Waals surface area contributed by atoms with E-state index < -0.39 is 60.5 Å². The van der Waals surface area contributed by atoms with E-state index in [2.05, 4.69) is 5.43 Å². The lowest BCUT2D eigenvalue weighted by Gasteiger charge is -2.17. The Morgan fingerprint density at radius 2 is 1.66 bits per heavy atom. The number of aliphatic hydroxyl groups is 1. The zero-order valence-electron chi connectivity index (χ0n) is 18.5. The van der Waals surface area contributed by atoms with Crippen LogP contribution in [0, 0.1) is 0 Å². The molecule has 0 bridgehead atoms. The van der Waals surface area contributed by atoms with Gasteiger partial charge >= 0.3 is 18.3 Å². The molecule has 1 aromatic carbocycles. The molecule has 0 spiro atoms. The molecule has 17 heteroatoms. The fourth-order valence-corrected chi connectivity index (χ4v) is 5.15. The predicted octanol–water partition coefficient (Wildman–Crippen LogP) is 3.72. The number of aliphatic carboxylic acids is 1. The number of thioether (sulfide) groups is 1. The first-order valence-electron chi connectivity index (χ1n) is 10.1. The van der Waals surface area contributed by atoms with Crippen LogP contribution in [-0.4, -0.2) is 56.5 Å². The summed E-state index contributed by atoms with van der Waals surface area (Å²) < 4.78 is 79.0. The molecule has 0 radical (unpaired) electrons. The molecular formula is C21H15F6N3O5S3. The number of carbonyl (C=O) groups is 3. The lowest BCUT2D eigenvalue weighted by atomic mass is 10.0. The number of hydrogen-bond acceptors (Lipinski definition) is 8. The second-order valence-corrected chi connectivity index (χ2v) is 10.1. The number of thiophene rings is 1. The lowest BCUT2D eigenvalue weighted by molar-refractivity contribution is -0.143. The van der Waals surface area contributed by atoms with Crippen LogP contribution in [0.25, 0.3) is 17.2 Å². The molecule has 3 rings (SSSR count). The summed E-state index contributed by atoms with van der Waals surface area (Å²) in [7, 11) is 0. The molecule has 1 aromatic heterocycles. The van der Waals surface area contributed by atoms with E-state index in [0.29, 0.717) is 17.0 Å². The number of halogens is 6. The highest BCUT2D eigenvalue weighted by Crippen LogP contribution is 2.40. The van der Waals surface area contributed by atoms with Crippen LogP contribution in [0.2, 0.25) is 0 Å². The van der Waals surface area contributed by atoms with Gasteiger partial charge in [-0.1, -0.05) is 24.0 Å². The molecule has 8 nitrogen and oxygen atoms in total. The van der Waals surface area contributed by atoms with E-state index in [1.165, 1.54) is 17.5 Å². The Hall–Kier alpha value is -2.99. The quantitative estimate of drug-likeness (QED) is 0.206. The third-order valence-electron chi connectivity index (χ3n) is 4.82. The van der Waals surface area contributed by atoms with E-state index in [9.17, 15) is 40.7 Å². The zero-order valence-corrected chi connectivity index (χ0v) is 21.0. The molecule has 0 saturated carbocycles. The minimum absolute atomic E-state index is 0.0181. The van der Waals surface area contributed by atoms with Crippen molar-refractivity contribution in [1.29, 1.82) is 0 Å². The average Bonchev–Trinajstić information content (AvgIpc) is 3.39. The molecule has 4 N–H and O–H groups in total. The van der Waals surface area contributed by atoms with Crippen molar-refractivity contribution in [2.75, 3.05) is 13.2 Å². The van der Waals surface area contributed by atoms with Gasteiger partial charge in [0.05, 0.1) is 29.2 Å². The Kier molecular flexibility index (Phi) is 8.87. The van der Waals surface area contributed by atoms with Gasteiger partial charge in [-0.05, 0) is 46.8 Å². The van der Waals surface area contributed by atoms with Gasteiger partial charge in [-0.2, -0.15) is 26.3 Å².